The Morgan fingerprint density at radius 1 is 1.13 bits per heavy atom. The van der Waals surface area contributed by atoms with Gasteiger partial charge in [0.15, 0.2) is 11.5 Å². The van der Waals surface area contributed by atoms with Crippen molar-refractivity contribution in [2.45, 2.75) is 32.1 Å². The van der Waals surface area contributed by atoms with Gasteiger partial charge in [0.2, 0.25) is 5.95 Å². The fraction of sp³-hybridized carbons (Fsp3) is 0.524. The molecular formula is C21H29F2N5O2. The molecule has 2 heterocycles. The quantitative estimate of drug-likeness (QED) is 0.556. The van der Waals surface area contributed by atoms with Crippen molar-refractivity contribution in [3.05, 3.63) is 30.0 Å². The van der Waals surface area contributed by atoms with Crippen LogP contribution in [-0.2, 0) is 5.92 Å². The largest absolute Gasteiger partial charge is 0.493 e. The van der Waals surface area contributed by atoms with Crippen molar-refractivity contribution in [2.24, 2.45) is 0 Å². The molecule has 0 unspecified atom stereocenters. The van der Waals surface area contributed by atoms with E-state index in [1.165, 1.54) is 18.9 Å². The summed E-state index contributed by atoms with van der Waals surface area (Å²) in [5.74, 6) is -1.52. The highest BCUT2D eigenvalue weighted by Crippen LogP contribution is 2.32. The number of benzene rings is 1. The van der Waals surface area contributed by atoms with Crippen LogP contribution in [-0.4, -0.2) is 55.3 Å². The van der Waals surface area contributed by atoms with E-state index in [9.17, 15) is 8.78 Å². The molecule has 1 fully saturated rings. The predicted molar refractivity (Wildman–Crippen MR) is 113 cm³/mol. The molecule has 3 rings (SSSR count). The van der Waals surface area contributed by atoms with E-state index in [4.69, 9.17) is 9.47 Å². The first-order valence-electron chi connectivity index (χ1n) is 10.1. The molecule has 30 heavy (non-hydrogen) atoms. The van der Waals surface area contributed by atoms with Crippen LogP contribution in [0.25, 0.3) is 0 Å². The Bertz CT molecular complexity index is 839. The number of hydrogen-bond donors (Lipinski definition) is 2. The summed E-state index contributed by atoms with van der Waals surface area (Å²) in [4.78, 5) is 10.6. The molecule has 2 aromatic rings. The Morgan fingerprint density at radius 2 is 1.90 bits per heavy atom. The number of likely N-dealkylation sites (tertiary alicyclic amines) is 1. The number of ether oxygens (including phenoxy) is 2. The highest BCUT2D eigenvalue weighted by atomic mass is 19.3. The molecule has 1 saturated heterocycles. The van der Waals surface area contributed by atoms with Crippen molar-refractivity contribution in [1.29, 1.82) is 0 Å². The van der Waals surface area contributed by atoms with Crippen LogP contribution in [0, 0.1) is 0 Å². The molecule has 9 heteroatoms. The summed E-state index contributed by atoms with van der Waals surface area (Å²) in [5.41, 5.74) is 0.250. The molecule has 0 saturated carbocycles. The molecular weight excluding hydrogens is 392 g/mol. The fourth-order valence-electron chi connectivity index (χ4n) is 3.33. The van der Waals surface area contributed by atoms with Gasteiger partial charge in [-0.2, -0.15) is 13.8 Å². The molecule has 0 radical (unpaired) electrons. The first kappa shape index (κ1) is 22.0. The maximum Gasteiger partial charge on any atom is 0.287 e. The van der Waals surface area contributed by atoms with Crippen LogP contribution < -0.4 is 20.1 Å². The molecule has 0 spiro atoms. The van der Waals surface area contributed by atoms with Gasteiger partial charge in [-0.05, 0) is 44.5 Å². The van der Waals surface area contributed by atoms with Gasteiger partial charge in [-0.25, -0.2) is 4.98 Å². The van der Waals surface area contributed by atoms with Gasteiger partial charge in [-0.3, -0.25) is 0 Å². The average molecular weight is 421 g/mol. The third-order valence-electron chi connectivity index (χ3n) is 4.93. The molecule has 7 nitrogen and oxygen atoms in total. The lowest BCUT2D eigenvalue weighted by molar-refractivity contribution is 0.0128. The second-order valence-electron chi connectivity index (χ2n) is 7.34. The zero-order valence-electron chi connectivity index (χ0n) is 17.7. The van der Waals surface area contributed by atoms with Crippen molar-refractivity contribution >= 4 is 17.5 Å². The Labute approximate surface area is 175 Å². The van der Waals surface area contributed by atoms with E-state index >= 15 is 0 Å². The number of halogens is 2. The summed E-state index contributed by atoms with van der Waals surface area (Å²) in [6.07, 6.45) is 3.46. The topological polar surface area (TPSA) is 71.5 Å². The molecule has 1 aliphatic heterocycles. The van der Waals surface area contributed by atoms with Gasteiger partial charge in [0.1, 0.15) is 11.5 Å². The second-order valence-corrected chi connectivity index (χ2v) is 7.34. The first-order chi connectivity index (χ1) is 14.4. The summed E-state index contributed by atoms with van der Waals surface area (Å²) in [5, 5.41) is 5.76. The van der Waals surface area contributed by atoms with Crippen LogP contribution in [0.3, 0.4) is 0 Å². The van der Waals surface area contributed by atoms with Gasteiger partial charge in [0, 0.05) is 38.3 Å². The van der Waals surface area contributed by atoms with Gasteiger partial charge in [-0.15, -0.1) is 0 Å². The van der Waals surface area contributed by atoms with Crippen molar-refractivity contribution < 1.29 is 18.3 Å². The van der Waals surface area contributed by atoms with Gasteiger partial charge in [-0.1, -0.05) is 0 Å². The van der Waals surface area contributed by atoms with Gasteiger partial charge >= 0.3 is 0 Å². The molecule has 0 atom stereocenters. The third-order valence-corrected chi connectivity index (χ3v) is 4.93. The maximum atomic E-state index is 13.8. The lowest BCUT2D eigenvalue weighted by Crippen LogP contribution is -2.21. The van der Waals surface area contributed by atoms with Crippen molar-refractivity contribution in [3.8, 4) is 11.5 Å². The monoisotopic (exact) mass is 421 g/mol. The normalized spacial score (nSPS) is 14.6. The van der Waals surface area contributed by atoms with Crippen LogP contribution in [0.1, 0.15) is 31.9 Å². The van der Waals surface area contributed by atoms with Gasteiger partial charge < -0.3 is 25.0 Å². The molecule has 0 aliphatic carbocycles. The number of rotatable bonds is 10. The molecule has 1 aromatic carbocycles. The standard InChI is InChI=1S/C21H29F2N5O2/c1-21(22,23)18-14-19(24-2)27-20(26-18)25-15-7-8-16(29-3)17(13-15)30-12-6-11-28-9-4-5-10-28/h7-8,13-14H,4-6,9-12H2,1-3H3,(H2,24,25,26,27). The first-order valence-corrected chi connectivity index (χ1v) is 10.1. The van der Waals surface area contributed by atoms with Crippen molar-refractivity contribution in [2.75, 3.05) is 51.0 Å². The number of aromatic nitrogens is 2. The molecule has 164 valence electrons. The lowest BCUT2D eigenvalue weighted by Gasteiger charge is -2.16. The van der Waals surface area contributed by atoms with E-state index in [1.54, 1.807) is 32.4 Å². The summed E-state index contributed by atoms with van der Waals surface area (Å²) in [7, 11) is 3.19. The minimum atomic E-state index is -3.07. The number of nitrogens with one attached hydrogen (secondary N) is 2. The minimum absolute atomic E-state index is 0.0727. The van der Waals surface area contributed by atoms with Gasteiger partial charge in [0.05, 0.1) is 13.7 Å². The zero-order chi connectivity index (χ0) is 21.6. The van der Waals surface area contributed by atoms with Gasteiger partial charge in [0.25, 0.3) is 5.92 Å². The highest BCUT2D eigenvalue weighted by molar-refractivity contribution is 5.60. The smallest absolute Gasteiger partial charge is 0.287 e. The number of methoxy groups -OCH3 is 1. The fourth-order valence-corrected chi connectivity index (χ4v) is 3.33. The molecule has 1 aromatic heterocycles. The SMILES string of the molecule is CNc1cc(C(C)(F)F)nc(Nc2ccc(OC)c(OCCCN3CCCC3)c2)n1. The van der Waals surface area contributed by atoms with Crippen LogP contribution in [0.5, 0.6) is 11.5 Å². The van der Waals surface area contributed by atoms with E-state index in [0.29, 0.717) is 29.6 Å². The lowest BCUT2D eigenvalue weighted by atomic mass is 10.2. The van der Waals surface area contributed by atoms with E-state index in [0.717, 1.165) is 33.0 Å². The number of nitrogens with zero attached hydrogens (tertiary/aromatic N) is 3. The second kappa shape index (κ2) is 9.88. The van der Waals surface area contributed by atoms with E-state index in [-0.39, 0.29) is 11.6 Å². The summed E-state index contributed by atoms with van der Waals surface area (Å²) in [6.45, 7) is 4.70. The number of hydrogen-bond acceptors (Lipinski definition) is 7. The Morgan fingerprint density at radius 3 is 2.57 bits per heavy atom. The zero-order valence-corrected chi connectivity index (χ0v) is 17.7. The predicted octanol–water partition coefficient (Wildman–Crippen LogP) is 4.25. The Hall–Kier alpha value is -2.68. The summed E-state index contributed by atoms with van der Waals surface area (Å²) in [6, 6.07) is 6.51. The maximum absolute atomic E-state index is 13.8. The summed E-state index contributed by atoms with van der Waals surface area (Å²) < 4.78 is 38.8. The molecule has 0 bridgehead atoms. The molecule has 1 aliphatic rings. The van der Waals surface area contributed by atoms with E-state index < -0.39 is 5.92 Å². The molecule has 2 N–H and O–H groups in total. The van der Waals surface area contributed by atoms with Crippen LogP contribution in [0.4, 0.5) is 26.2 Å². The van der Waals surface area contributed by atoms with Crippen LogP contribution in [0.15, 0.2) is 24.3 Å². The Balaban J connectivity index is 1.69. The summed E-state index contributed by atoms with van der Waals surface area (Å²) >= 11 is 0. The van der Waals surface area contributed by atoms with E-state index in [2.05, 4.69) is 25.5 Å². The van der Waals surface area contributed by atoms with E-state index in [1.807, 2.05) is 0 Å². The average Bonchev–Trinajstić information content (AvgIpc) is 3.24. The number of alkyl halides is 2. The van der Waals surface area contributed by atoms with Crippen LogP contribution >= 0.6 is 0 Å². The molecule has 0 amide bonds. The Kier molecular flexibility index (Phi) is 7.25. The minimum Gasteiger partial charge on any atom is -0.493 e. The van der Waals surface area contributed by atoms with Crippen molar-refractivity contribution in [1.82, 2.24) is 14.9 Å². The number of anilines is 3. The highest BCUT2D eigenvalue weighted by Gasteiger charge is 2.27. The third kappa shape index (κ3) is 5.91. The van der Waals surface area contributed by atoms with Crippen molar-refractivity contribution in [3.63, 3.8) is 0 Å². The van der Waals surface area contributed by atoms with Crippen LogP contribution in [0.2, 0.25) is 0 Å².